The van der Waals surface area contributed by atoms with E-state index in [4.69, 9.17) is 4.74 Å². The molecule has 0 aromatic heterocycles. The van der Waals surface area contributed by atoms with Crippen molar-refractivity contribution in [2.24, 2.45) is 0 Å². The molecule has 2 aliphatic heterocycles. The summed E-state index contributed by atoms with van der Waals surface area (Å²) in [6, 6.07) is 4.60. The minimum absolute atomic E-state index is 0.0456. The van der Waals surface area contributed by atoms with Crippen molar-refractivity contribution in [2.75, 3.05) is 26.2 Å². The van der Waals surface area contributed by atoms with Crippen LogP contribution < -0.4 is 5.32 Å². The van der Waals surface area contributed by atoms with E-state index >= 15 is 0 Å². The fraction of sp³-hybridized carbons (Fsp3) is 0.562. The summed E-state index contributed by atoms with van der Waals surface area (Å²) in [5.74, 6) is -0.296. The van der Waals surface area contributed by atoms with E-state index in [-0.39, 0.29) is 16.9 Å². The minimum atomic E-state index is -3.53. The number of nitrogens with one attached hydrogen (secondary N) is 1. The van der Waals surface area contributed by atoms with Crippen LogP contribution in [0.4, 0.5) is 0 Å². The summed E-state index contributed by atoms with van der Waals surface area (Å²) in [6.45, 7) is 2.25. The topological polar surface area (TPSA) is 75.7 Å². The largest absolute Gasteiger partial charge is 0.376 e. The second kappa shape index (κ2) is 7.51. The number of carbonyl (C=O) groups is 1. The molecule has 2 saturated heterocycles. The molecule has 1 unspecified atom stereocenters. The summed E-state index contributed by atoms with van der Waals surface area (Å²) in [5, 5.41) is 2.83. The first kappa shape index (κ1) is 17.8. The summed E-state index contributed by atoms with van der Waals surface area (Å²) in [5.41, 5.74) is 0.327. The van der Waals surface area contributed by atoms with Crippen molar-refractivity contribution >= 4 is 31.9 Å². The maximum Gasteiger partial charge on any atom is 0.252 e. The number of ether oxygens (including phenoxy) is 1. The van der Waals surface area contributed by atoms with Crippen LogP contribution in [0, 0.1) is 0 Å². The molecule has 8 heteroatoms. The number of rotatable bonds is 5. The van der Waals surface area contributed by atoms with Crippen LogP contribution in [0.1, 0.15) is 36.0 Å². The van der Waals surface area contributed by atoms with Crippen molar-refractivity contribution in [3.05, 3.63) is 28.2 Å². The Hall–Kier alpha value is -0.960. The molecule has 24 heavy (non-hydrogen) atoms. The molecular weight excluding hydrogens is 396 g/mol. The van der Waals surface area contributed by atoms with Crippen molar-refractivity contribution in [1.29, 1.82) is 0 Å². The summed E-state index contributed by atoms with van der Waals surface area (Å²) >= 11 is 3.33. The molecule has 3 rings (SSSR count). The summed E-state index contributed by atoms with van der Waals surface area (Å²) in [7, 11) is -3.53. The molecule has 0 aliphatic carbocycles. The highest BCUT2D eigenvalue weighted by atomic mass is 79.9. The highest BCUT2D eigenvalue weighted by molar-refractivity contribution is 9.10. The van der Waals surface area contributed by atoms with E-state index in [2.05, 4.69) is 21.2 Å². The zero-order valence-electron chi connectivity index (χ0n) is 13.3. The van der Waals surface area contributed by atoms with E-state index in [0.29, 0.717) is 29.7 Å². The molecule has 132 valence electrons. The molecule has 6 nitrogen and oxygen atoms in total. The lowest BCUT2D eigenvalue weighted by Crippen LogP contribution is -2.32. The fourth-order valence-corrected chi connectivity index (χ4v) is 4.99. The molecule has 2 aliphatic rings. The molecule has 2 fully saturated rings. The predicted molar refractivity (Wildman–Crippen MR) is 93.4 cm³/mol. The van der Waals surface area contributed by atoms with E-state index in [1.807, 2.05) is 0 Å². The Morgan fingerprint density at radius 1 is 1.29 bits per heavy atom. The Bertz CT molecular complexity index is 711. The standard InChI is InChI=1S/C16H21BrN2O4S/c17-15-6-5-13(24(21,22)19-7-1-2-8-19)10-14(15)16(20)18-11-12-4-3-9-23-12/h5-6,10,12H,1-4,7-9,11H2,(H,18,20). The van der Waals surface area contributed by atoms with Crippen LogP contribution in [-0.2, 0) is 14.8 Å². The Morgan fingerprint density at radius 2 is 2.04 bits per heavy atom. The van der Waals surface area contributed by atoms with E-state index in [1.54, 1.807) is 6.07 Å². The molecule has 1 aromatic rings. The number of halogens is 1. The molecule has 2 heterocycles. The van der Waals surface area contributed by atoms with Crippen LogP contribution in [0.25, 0.3) is 0 Å². The van der Waals surface area contributed by atoms with Crippen molar-refractivity contribution in [1.82, 2.24) is 9.62 Å². The zero-order valence-corrected chi connectivity index (χ0v) is 15.7. The Morgan fingerprint density at radius 3 is 2.71 bits per heavy atom. The quantitative estimate of drug-likeness (QED) is 0.797. The number of nitrogens with zero attached hydrogens (tertiary/aromatic N) is 1. The first-order chi connectivity index (χ1) is 11.5. The smallest absolute Gasteiger partial charge is 0.252 e. The third-order valence-corrected chi connectivity index (χ3v) is 6.99. The SMILES string of the molecule is O=C(NCC1CCCO1)c1cc(S(=O)(=O)N2CCCC2)ccc1Br. The summed E-state index contributed by atoms with van der Waals surface area (Å²) in [4.78, 5) is 12.6. The molecule has 0 radical (unpaired) electrons. The van der Waals surface area contributed by atoms with E-state index in [0.717, 1.165) is 32.3 Å². The second-order valence-corrected chi connectivity index (χ2v) is 8.89. The maximum absolute atomic E-state index is 12.6. The predicted octanol–water partition coefficient (Wildman–Crippen LogP) is 2.14. The van der Waals surface area contributed by atoms with Crippen molar-refractivity contribution in [3.63, 3.8) is 0 Å². The van der Waals surface area contributed by atoms with E-state index in [1.165, 1.54) is 16.4 Å². The lowest BCUT2D eigenvalue weighted by molar-refractivity contribution is 0.0857. The van der Waals surface area contributed by atoms with Crippen LogP contribution in [0.2, 0.25) is 0 Å². The molecule has 0 bridgehead atoms. The Balaban J connectivity index is 1.76. The van der Waals surface area contributed by atoms with E-state index in [9.17, 15) is 13.2 Å². The highest BCUT2D eigenvalue weighted by Crippen LogP contribution is 2.25. The van der Waals surface area contributed by atoms with Gasteiger partial charge in [0.25, 0.3) is 5.91 Å². The molecular formula is C16H21BrN2O4S. The van der Waals surface area contributed by atoms with Crippen LogP contribution in [0.5, 0.6) is 0 Å². The van der Waals surface area contributed by atoms with Gasteiger partial charge in [-0.1, -0.05) is 0 Å². The van der Waals surface area contributed by atoms with Gasteiger partial charge in [-0.3, -0.25) is 4.79 Å². The average molecular weight is 417 g/mol. The zero-order chi connectivity index (χ0) is 17.2. The third kappa shape index (κ3) is 3.82. The molecule has 0 saturated carbocycles. The molecule has 1 N–H and O–H groups in total. The van der Waals surface area contributed by atoms with Crippen molar-refractivity contribution in [3.8, 4) is 0 Å². The van der Waals surface area contributed by atoms with Gasteiger partial charge in [-0.05, 0) is 59.8 Å². The van der Waals surface area contributed by atoms with Gasteiger partial charge in [0, 0.05) is 30.7 Å². The van der Waals surface area contributed by atoms with Gasteiger partial charge in [-0.2, -0.15) is 4.31 Å². The summed E-state index contributed by atoms with van der Waals surface area (Å²) < 4.78 is 32.8. The van der Waals surface area contributed by atoms with Gasteiger partial charge in [-0.25, -0.2) is 8.42 Å². The Kier molecular flexibility index (Phi) is 5.59. The highest BCUT2D eigenvalue weighted by Gasteiger charge is 2.28. The van der Waals surface area contributed by atoms with Crippen molar-refractivity contribution in [2.45, 2.75) is 36.7 Å². The van der Waals surface area contributed by atoms with Crippen LogP contribution in [0.15, 0.2) is 27.6 Å². The second-order valence-electron chi connectivity index (χ2n) is 6.10. The number of sulfonamides is 1. The van der Waals surface area contributed by atoms with Crippen molar-refractivity contribution < 1.29 is 17.9 Å². The number of hydrogen-bond acceptors (Lipinski definition) is 4. The van der Waals surface area contributed by atoms with Crippen LogP contribution in [0.3, 0.4) is 0 Å². The van der Waals surface area contributed by atoms with Gasteiger partial charge in [-0.15, -0.1) is 0 Å². The number of benzene rings is 1. The normalized spacial score (nSPS) is 22.0. The molecule has 1 atom stereocenters. The number of amides is 1. The number of carbonyl (C=O) groups excluding carboxylic acids is 1. The monoisotopic (exact) mass is 416 g/mol. The Labute approximate surface area is 150 Å². The van der Waals surface area contributed by atoms with Gasteiger partial charge < -0.3 is 10.1 Å². The number of hydrogen-bond donors (Lipinski definition) is 1. The van der Waals surface area contributed by atoms with Gasteiger partial charge in [0.1, 0.15) is 0 Å². The maximum atomic E-state index is 12.6. The van der Waals surface area contributed by atoms with Gasteiger partial charge in [0.05, 0.1) is 16.6 Å². The lowest BCUT2D eigenvalue weighted by Gasteiger charge is -2.17. The van der Waals surface area contributed by atoms with Crippen LogP contribution in [-0.4, -0.2) is 51.0 Å². The van der Waals surface area contributed by atoms with Crippen LogP contribution >= 0.6 is 15.9 Å². The lowest BCUT2D eigenvalue weighted by atomic mass is 10.2. The third-order valence-electron chi connectivity index (χ3n) is 4.40. The fourth-order valence-electron chi connectivity index (χ4n) is 3.02. The van der Waals surface area contributed by atoms with Gasteiger partial charge in [0.15, 0.2) is 0 Å². The first-order valence-electron chi connectivity index (χ1n) is 8.18. The molecule has 0 spiro atoms. The van der Waals surface area contributed by atoms with Gasteiger partial charge >= 0.3 is 0 Å². The molecule has 1 aromatic carbocycles. The molecule has 1 amide bonds. The average Bonchev–Trinajstić information content (AvgIpc) is 3.26. The van der Waals surface area contributed by atoms with Gasteiger partial charge in [0.2, 0.25) is 10.0 Å². The summed E-state index contributed by atoms with van der Waals surface area (Å²) in [6.07, 6.45) is 3.75. The first-order valence-corrected chi connectivity index (χ1v) is 10.4. The minimum Gasteiger partial charge on any atom is -0.376 e. The van der Waals surface area contributed by atoms with E-state index < -0.39 is 10.0 Å².